The molecule has 0 saturated heterocycles. The van der Waals surface area contributed by atoms with Gasteiger partial charge in [0.05, 0.1) is 5.41 Å². The molecule has 0 radical (unpaired) electrons. The molecular weight excluding hydrogens is 384 g/mol. The molecule has 0 aromatic heterocycles. The van der Waals surface area contributed by atoms with E-state index in [0.29, 0.717) is 0 Å². The van der Waals surface area contributed by atoms with Crippen molar-refractivity contribution < 1.29 is 0 Å². The monoisotopic (exact) mass is 406 g/mol. The van der Waals surface area contributed by atoms with Gasteiger partial charge >= 0.3 is 0 Å². The van der Waals surface area contributed by atoms with Gasteiger partial charge in [0.1, 0.15) is 0 Å². The first-order chi connectivity index (χ1) is 14.7. The summed E-state index contributed by atoms with van der Waals surface area (Å²) in [5, 5.41) is 0.838. The van der Waals surface area contributed by atoms with Gasteiger partial charge in [-0.1, -0.05) is 97.4 Å². The minimum Gasteiger partial charge on any atom is -0.0837 e. The highest BCUT2D eigenvalue weighted by Gasteiger charge is 2.49. The van der Waals surface area contributed by atoms with Gasteiger partial charge in [-0.25, -0.2) is 0 Å². The molecule has 1 unspecified atom stereocenters. The Hall–Kier alpha value is -2.83. The van der Waals surface area contributed by atoms with Crippen molar-refractivity contribution in [2.75, 3.05) is 0 Å². The van der Waals surface area contributed by atoms with Gasteiger partial charge in [0, 0.05) is 10.6 Å². The van der Waals surface area contributed by atoms with Crippen molar-refractivity contribution in [2.45, 2.75) is 31.6 Å². The lowest BCUT2D eigenvalue weighted by Gasteiger charge is -2.35. The first kappa shape index (κ1) is 18.0. The van der Waals surface area contributed by atoms with Crippen LogP contribution in [0.4, 0.5) is 0 Å². The Morgan fingerprint density at radius 3 is 2.27 bits per heavy atom. The Kier molecular flexibility index (Phi) is 3.95. The van der Waals surface area contributed by atoms with E-state index in [-0.39, 0.29) is 5.41 Å². The molecule has 0 nitrogen and oxygen atoms in total. The highest BCUT2D eigenvalue weighted by Crippen LogP contribution is 2.59. The van der Waals surface area contributed by atoms with Crippen LogP contribution in [0.2, 0.25) is 5.02 Å². The quantitative estimate of drug-likeness (QED) is 0.272. The van der Waals surface area contributed by atoms with Crippen LogP contribution < -0.4 is 0 Å². The molecule has 2 aliphatic rings. The Balaban J connectivity index is 1.84. The normalized spacial score (nSPS) is 18.3. The molecule has 0 saturated carbocycles. The summed E-state index contributed by atoms with van der Waals surface area (Å²) in [6, 6.07) is 31.5. The van der Waals surface area contributed by atoms with E-state index in [0.717, 1.165) is 24.3 Å². The highest BCUT2D eigenvalue weighted by atomic mass is 35.5. The lowest BCUT2D eigenvalue weighted by Crippen LogP contribution is -2.30. The van der Waals surface area contributed by atoms with Gasteiger partial charge in [-0.2, -0.15) is 0 Å². The van der Waals surface area contributed by atoms with Crippen molar-refractivity contribution in [1.82, 2.24) is 0 Å². The smallest absolute Gasteiger partial charge is 0.0719 e. The van der Waals surface area contributed by atoms with Crippen molar-refractivity contribution in [1.29, 1.82) is 0 Å². The Morgan fingerprint density at radius 2 is 1.40 bits per heavy atom. The van der Waals surface area contributed by atoms with E-state index in [1.807, 2.05) is 6.07 Å². The molecule has 30 heavy (non-hydrogen) atoms. The third kappa shape index (κ3) is 2.23. The van der Waals surface area contributed by atoms with Gasteiger partial charge < -0.3 is 0 Å². The summed E-state index contributed by atoms with van der Waals surface area (Å²) in [7, 11) is 0. The van der Waals surface area contributed by atoms with Crippen molar-refractivity contribution in [3.05, 3.63) is 129 Å². The van der Waals surface area contributed by atoms with Crippen LogP contribution in [-0.2, 0) is 24.7 Å². The fraction of sp³-hybridized carbons (Fsp3) is 0.172. The molecule has 0 N–H and O–H groups in total. The largest absolute Gasteiger partial charge is 0.0837 e. The molecule has 1 atom stereocenters. The zero-order chi connectivity index (χ0) is 20.3. The molecule has 1 spiro atoms. The van der Waals surface area contributed by atoms with Gasteiger partial charge in [0.25, 0.3) is 0 Å². The van der Waals surface area contributed by atoms with Crippen LogP contribution in [-0.4, -0.2) is 0 Å². The molecule has 0 amide bonds. The lowest BCUT2D eigenvalue weighted by atomic mass is 9.66. The van der Waals surface area contributed by atoms with Crippen LogP contribution in [0.25, 0.3) is 11.1 Å². The maximum absolute atomic E-state index is 6.84. The number of halogens is 1. The van der Waals surface area contributed by atoms with Crippen molar-refractivity contribution in [3.63, 3.8) is 0 Å². The number of aryl methyl sites for hydroxylation is 3. The second kappa shape index (κ2) is 6.59. The molecule has 1 heteroatoms. The fourth-order valence-electron chi connectivity index (χ4n) is 5.82. The summed E-state index contributed by atoms with van der Waals surface area (Å²) in [4.78, 5) is 0. The minimum atomic E-state index is -0.314. The molecule has 2 aliphatic carbocycles. The van der Waals surface area contributed by atoms with Crippen LogP contribution >= 0.6 is 11.6 Å². The summed E-state index contributed by atoms with van der Waals surface area (Å²) in [6.07, 6.45) is 3.20. The topological polar surface area (TPSA) is 0 Å². The van der Waals surface area contributed by atoms with Gasteiger partial charge in [-0.05, 0) is 69.8 Å². The number of hydrogen-bond donors (Lipinski definition) is 0. The second-order valence-corrected chi connectivity index (χ2v) is 8.87. The van der Waals surface area contributed by atoms with E-state index in [1.54, 1.807) is 0 Å². The van der Waals surface area contributed by atoms with E-state index in [1.165, 1.54) is 50.1 Å². The third-order valence-corrected chi connectivity index (χ3v) is 7.40. The minimum absolute atomic E-state index is 0.314. The number of rotatable bonds is 1. The molecule has 0 heterocycles. The van der Waals surface area contributed by atoms with Gasteiger partial charge in [-0.3, -0.25) is 0 Å². The molecule has 4 aromatic rings. The zero-order valence-electron chi connectivity index (χ0n) is 17.1. The second-order valence-electron chi connectivity index (χ2n) is 8.46. The molecular formula is C29H23Cl. The van der Waals surface area contributed by atoms with E-state index >= 15 is 0 Å². The summed E-state index contributed by atoms with van der Waals surface area (Å²) < 4.78 is 0. The van der Waals surface area contributed by atoms with Crippen LogP contribution in [0.5, 0.6) is 0 Å². The van der Waals surface area contributed by atoms with E-state index in [4.69, 9.17) is 11.6 Å². The first-order valence-corrected chi connectivity index (χ1v) is 11.2. The van der Waals surface area contributed by atoms with Crippen LogP contribution in [0.1, 0.15) is 45.9 Å². The maximum atomic E-state index is 6.84. The van der Waals surface area contributed by atoms with Crippen molar-refractivity contribution in [2.24, 2.45) is 0 Å². The molecule has 6 rings (SSSR count). The van der Waals surface area contributed by atoms with Crippen LogP contribution in [0.3, 0.4) is 0 Å². The molecule has 0 aliphatic heterocycles. The molecule has 0 bridgehead atoms. The lowest BCUT2D eigenvalue weighted by molar-refractivity contribution is 0.761. The highest BCUT2D eigenvalue weighted by molar-refractivity contribution is 6.34. The number of hydrogen-bond acceptors (Lipinski definition) is 0. The Bertz CT molecular complexity index is 1300. The van der Waals surface area contributed by atoms with Crippen molar-refractivity contribution >= 4 is 11.6 Å². The van der Waals surface area contributed by atoms with Gasteiger partial charge in [-0.15, -0.1) is 0 Å². The van der Waals surface area contributed by atoms with Crippen LogP contribution in [0.15, 0.2) is 84.9 Å². The SMILES string of the molecule is CCc1ccc2c(c1)CCc1ccccc1C21c2ccccc2-c2c(Cl)cccc21. The average Bonchev–Trinajstić information content (AvgIpc) is 3.01. The third-order valence-electron chi connectivity index (χ3n) is 7.08. The van der Waals surface area contributed by atoms with Gasteiger partial charge in [0.2, 0.25) is 0 Å². The standard InChI is InChI=1S/C29H23Cl/c1-2-19-14-17-24-21(18-19)16-15-20-8-3-5-10-23(20)29(24)25-11-6-4-9-22(25)28-26(29)12-7-13-27(28)30/h3-14,17-18H,2,15-16H2,1H3. The predicted molar refractivity (Wildman–Crippen MR) is 126 cm³/mol. The summed E-state index contributed by atoms with van der Waals surface area (Å²) in [5.74, 6) is 0. The summed E-state index contributed by atoms with van der Waals surface area (Å²) in [5.41, 5.74) is 11.9. The zero-order valence-corrected chi connectivity index (χ0v) is 17.8. The van der Waals surface area contributed by atoms with Gasteiger partial charge in [0.15, 0.2) is 0 Å². The molecule has 4 aromatic carbocycles. The fourth-order valence-corrected chi connectivity index (χ4v) is 6.10. The Labute approximate surface area is 183 Å². The Morgan fingerprint density at radius 1 is 0.700 bits per heavy atom. The van der Waals surface area contributed by atoms with E-state index in [2.05, 4.69) is 85.8 Å². The maximum Gasteiger partial charge on any atom is 0.0719 e. The van der Waals surface area contributed by atoms with Crippen LogP contribution in [0, 0.1) is 0 Å². The molecule has 146 valence electrons. The average molecular weight is 407 g/mol. The number of benzene rings is 4. The van der Waals surface area contributed by atoms with Crippen molar-refractivity contribution in [3.8, 4) is 11.1 Å². The van der Waals surface area contributed by atoms with E-state index in [9.17, 15) is 0 Å². The molecule has 0 fully saturated rings. The summed E-state index contributed by atoms with van der Waals surface area (Å²) >= 11 is 6.84. The van der Waals surface area contributed by atoms with E-state index < -0.39 is 0 Å². The predicted octanol–water partition coefficient (Wildman–Crippen LogP) is 7.36. The number of fused-ring (bicyclic) bond motifs is 9. The summed E-state index contributed by atoms with van der Waals surface area (Å²) in [6.45, 7) is 2.24. The first-order valence-electron chi connectivity index (χ1n) is 10.8.